The van der Waals surface area contributed by atoms with Gasteiger partial charge < -0.3 is 14.2 Å². The zero-order chi connectivity index (χ0) is 21.6. The van der Waals surface area contributed by atoms with Gasteiger partial charge in [-0.1, -0.05) is 6.92 Å². The van der Waals surface area contributed by atoms with Crippen molar-refractivity contribution in [2.24, 2.45) is 0 Å². The van der Waals surface area contributed by atoms with Crippen LogP contribution in [0.5, 0.6) is 11.5 Å². The van der Waals surface area contributed by atoms with Crippen molar-refractivity contribution in [1.82, 2.24) is 9.97 Å². The third-order valence-electron chi connectivity index (χ3n) is 4.46. The lowest BCUT2D eigenvalue weighted by molar-refractivity contribution is -0.148. The van der Waals surface area contributed by atoms with E-state index < -0.39 is 12.1 Å². The zero-order valence-corrected chi connectivity index (χ0v) is 17.6. The van der Waals surface area contributed by atoms with Crippen molar-refractivity contribution in [2.45, 2.75) is 40.2 Å². The van der Waals surface area contributed by atoms with Crippen LogP contribution in [0.4, 0.5) is 0 Å². The molecule has 0 aliphatic carbocycles. The molecule has 0 saturated heterocycles. The van der Waals surface area contributed by atoms with Gasteiger partial charge in [-0.25, -0.2) is 9.78 Å². The molecule has 0 aliphatic rings. The highest BCUT2D eigenvalue weighted by Crippen LogP contribution is 2.30. The largest absolute Gasteiger partial charge is 0.493 e. The van der Waals surface area contributed by atoms with Crippen LogP contribution in [-0.4, -0.2) is 42.0 Å². The van der Waals surface area contributed by atoms with E-state index in [2.05, 4.69) is 9.97 Å². The normalized spacial score (nSPS) is 11.9. The van der Waals surface area contributed by atoms with Crippen LogP contribution in [0, 0.1) is 20.8 Å². The van der Waals surface area contributed by atoms with Gasteiger partial charge in [-0.3, -0.25) is 9.78 Å². The van der Waals surface area contributed by atoms with Crippen molar-refractivity contribution in [2.75, 3.05) is 14.2 Å². The summed E-state index contributed by atoms with van der Waals surface area (Å²) in [5.74, 6) is 0.0340. The first kappa shape index (κ1) is 22.1. The SMILES string of the molecule is CCC(Oc1ccc(C(=O)/C=C/c2nc(C)c(C)nc2C)cc1OC)C(=O)OC. The molecule has 0 fully saturated rings. The molecule has 0 aliphatic heterocycles. The number of hydrogen-bond donors (Lipinski definition) is 0. The van der Waals surface area contributed by atoms with Gasteiger partial charge in [0.15, 0.2) is 23.4 Å². The van der Waals surface area contributed by atoms with Gasteiger partial charge in [-0.05, 0) is 57.5 Å². The van der Waals surface area contributed by atoms with Gasteiger partial charge >= 0.3 is 5.97 Å². The number of carbonyl (C=O) groups is 2. The number of allylic oxidation sites excluding steroid dienone is 1. The van der Waals surface area contributed by atoms with Crippen molar-refractivity contribution < 1.29 is 23.8 Å². The molecule has 2 rings (SSSR count). The number of hydrogen-bond acceptors (Lipinski definition) is 7. The molecule has 2 aromatic rings. The highest BCUT2D eigenvalue weighted by atomic mass is 16.6. The number of ketones is 1. The molecular weight excluding hydrogens is 372 g/mol. The Balaban J connectivity index is 2.23. The Morgan fingerprint density at radius 2 is 1.72 bits per heavy atom. The molecule has 7 heteroatoms. The van der Waals surface area contributed by atoms with Crippen LogP contribution >= 0.6 is 0 Å². The number of carbonyl (C=O) groups excluding carboxylic acids is 2. The Morgan fingerprint density at radius 1 is 1.03 bits per heavy atom. The standard InChI is InChI=1S/C22H26N2O5/c1-7-19(22(26)28-6)29-20-11-8-16(12-21(20)27-5)18(25)10-9-17-15(4)23-13(2)14(3)24-17/h8-12,19H,7H2,1-6H3/b10-9+. The monoisotopic (exact) mass is 398 g/mol. The minimum Gasteiger partial charge on any atom is -0.493 e. The highest BCUT2D eigenvalue weighted by molar-refractivity contribution is 6.07. The number of ether oxygens (including phenoxy) is 3. The molecule has 29 heavy (non-hydrogen) atoms. The topological polar surface area (TPSA) is 87.6 Å². The van der Waals surface area contributed by atoms with Crippen LogP contribution in [0.2, 0.25) is 0 Å². The number of aromatic nitrogens is 2. The van der Waals surface area contributed by atoms with Crippen molar-refractivity contribution >= 4 is 17.8 Å². The van der Waals surface area contributed by atoms with Crippen LogP contribution in [0.15, 0.2) is 24.3 Å². The number of benzene rings is 1. The minimum absolute atomic E-state index is 0.214. The third kappa shape index (κ3) is 5.40. The summed E-state index contributed by atoms with van der Waals surface area (Å²) in [6, 6.07) is 4.80. The Hall–Kier alpha value is -3.22. The highest BCUT2D eigenvalue weighted by Gasteiger charge is 2.21. The third-order valence-corrected chi connectivity index (χ3v) is 4.46. The lowest BCUT2D eigenvalue weighted by Gasteiger charge is -2.17. The summed E-state index contributed by atoms with van der Waals surface area (Å²) in [7, 11) is 2.78. The molecule has 0 amide bonds. The molecule has 0 N–H and O–H groups in total. The second-order valence-corrected chi connectivity index (χ2v) is 6.47. The van der Waals surface area contributed by atoms with Crippen molar-refractivity contribution in [3.05, 3.63) is 52.6 Å². The Bertz CT molecular complexity index is 937. The first-order valence-electron chi connectivity index (χ1n) is 9.27. The van der Waals surface area contributed by atoms with Crippen molar-refractivity contribution in [3.8, 4) is 11.5 Å². The van der Waals surface area contributed by atoms with E-state index in [-0.39, 0.29) is 5.78 Å². The smallest absolute Gasteiger partial charge is 0.347 e. The van der Waals surface area contributed by atoms with E-state index in [9.17, 15) is 9.59 Å². The minimum atomic E-state index is -0.748. The maximum absolute atomic E-state index is 12.6. The molecule has 1 atom stereocenters. The van der Waals surface area contributed by atoms with Crippen LogP contribution in [0.25, 0.3) is 6.08 Å². The Kier molecular flexibility index (Phi) is 7.47. The average molecular weight is 398 g/mol. The van der Waals surface area contributed by atoms with Gasteiger partial charge in [-0.15, -0.1) is 0 Å². The molecule has 0 radical (unpaired) electrons. The van der Waals surface area contributed by atoms with Gasteiger partial charge in [0.05, 0.1) is 37.0 Å². The predicted octanol–water partition coefficient (Wildman–Crippen LogP) is 3.64. The molecule has 1 aromatic carbocycles. The van der Waals surface area contributed by atoms with Crippen LogP contribution in [-0.2, 0) is 9.53 Å². The van der Waals surface area contributed by atoms with E-state index in [4.69, 9.17) is 14.2 Å². The zero-order valence-electron chi connectivity index (χ0n) is 17.6. The maximum Gasteiger partial charge on any atom is 0.347 e. The van der Waals surface area contributed by atoms with Gasteiger partial charge in [0, 0.05) is 5.56 Å². The molecule has 1 aromatic heterocycles. The second-order valence-electron chi connectivity index (χ2n) is 6.47. The van der Waals surface area contributed by atoms with E-state index in [1.54, 1.807) is 24.3 Å². The maximum atomic E-state index is 12.6. The van der Waals surface area contributed by atoms with Crippen LogP contribution in [0.1, 0.15) is 46.5 Å². The number of methoxy groups -OCH3 is 2. The molecule has 1 unspecified atom stereocenters. The summed E-state index contributed by atoms with van der Waals surface area (Å²) in [4.78, 5) is 33.2. The fourth-order valence-corrected chi connectivity index (χ4v) is 2.64. The van der Waals surface area contributed by atoms with E-state index in [0.717, 1.165) is 17.1 Å². The van der Waals surface area contributed by atoms with Gasteiger partial charge in [0.25, 0.3) is 0 Å². The first-order valence-corrected chi connectivity index (χ1v) is 9.27. The predicted molar refractivity (Wildman–Crippen MR) is 109 cm³/mol. The van der Waals surface area contributed by atoms with Gasteiger partial charge in [-0.2, -0.15) is 0 Å². The van der Waals surface area contributed by atoms with E-state index in [1.165, 1.54) is 20.3 Å². The van der Waals surface area contributed by atoms with Crippen molar-refractivity contribution in [3.63, 3.8) is 0 Å². The van der Waals surface area contributed by atoms with Gasteiger partial charge in [0.2, 0.25) is 0 Å². The number of esters is 1. The lowest BCUT2D eigenvalue weighted by atomic mass is 10.1. The Labute approximate surface area is 170 Å². The van der Waals surface area contributed by atoms with E-state index >= 15 is 0 Å². The molecule has 1 heterocycles. The quantitative estimate of drug-likeness (QED) is 0.381. The average Bonchev–Trinajstić information content (AvgIpc) is 2.72. The summed E-state index contributed by atoms with van der Waals surface area (Å²) in [6.45, 7) is 7.44. The first-order chi connectivity index (χ1) is 13.8. The number of aryl methyl sites for hydroxylation is 3. The molecule has 154 valence electrons. The fraction of sp³-hybridized carbons (Fsp3) is 0.364. The summed E-state index contributed by atoms with van der Waals surface area (Å²) >= 11 is 0. The molecule has 0 saturated carbocycles. The summed E-state index contributed by atoms with van der Waals surface area (Å²) < 4.78 is 15.8. The number of rotatable bonds is 8. The van der Waals surface area contributed by atoms with Crippen LogP contribution < -0.4 is 9.47 Å². The molecule has 0 bridgehead atoms. The summed E-state index contributed by atoms with van der Waals surface area (Å²) in [5, 5.41) is 0. The van der Waals surface area contributed by atoms with E-state index in [0.29, 0.717) is 29.2 Å². The van der Waals surface area contributed by atoms with E-state index in [1.807, 2.05) is 27.7 Å². The van der Waals surface area contributed by atoms with Crippen molar-refractivity contribution in [1.29, 1.82) is 0 Å². The molecular formula is C22H26N2O5. The fourth-order valence-electron chi connectivity index (χ4n) is 2.64. The number of nitrogens with zero attached hydrogens (tertiary/aromatic N) is 2. The second kappa shape index (κ2) is 9.82. The summed E-state index contributed by atoms with van der Waals surface area (Å²) in [5.41, 5.74) is 3.51. The summed E-state index contributed by atoms with van der Waals surface area (Å²) in [6.07, 6.45) is 2.79. The van der Waals surface area contributed by atoms with Gasteiger partial charge in [0.1, 0.15) is 0 Å². The molecule has 0 spiro atoms. The lowest BCUT2D eigenvalue weighted by Crippen LogP contribution is -2.27. The van der Waals surface area contributed by atoms with Crippen LogP contribution in [0.3, 0.4) is 0 Å². The Morgan fingerprint density at radius 3 is 2.34 bits per heavy atom. The molecule has 7 nitrogen and oxygen atoms in total.